The fourth-order valence-electron chi connectivity index (χ4n) is 7.41. The van der Waals surface area contributed by atoms with Crippen molar-refractivity contribution >= 4 is 54.8 Å². The van der Waals surface area contributed by atoms with Crippen LogP contribution in [0.3, 0.4) is 0 Å². The molecule has 0 saturated heterocycles. The molecule has 232 valence electrons. The molecule has 4 heterocycles. The summed E-state index contributed by atoms with van der Waals surface area (Å²) in [4.78, 5) is 9.84. The minimum Gasteiger partial charge on any atom is -0.457 e. The number of ether oxygens (including phenoxy) is 1. The molecule has 6 aromatic carbocycles. The van der Waals surface area contributed by atoms with Crippen molar-refractivity contribution in [3.05, 3.63) is 158 Å². The molecule has 6 heteroatoms. The molecule has 10 aromatic rings. The number of benzene rings is 6. The summed E-state index contributed by atoms with van der Waals surface area (Å²) in [6.45, 7) is 0. The van der Waals surface area contributed by atoms with Crippen LogP contribution in [0.15, 0.2) is 158 Å². The number of aryl methyl sites for hydroxylation is 1. The lowest BCUT2D eigenvalue weighted by molar-refractivity contribution is 0.482. The molecule has 0 amide bonds. The summed E-state index contributed by atoms with van der Waals surface area (Å²) in [5.41, 5.74) is 9.50. The van der Waals surface area contributed by atoms with Gasteiger partial charge in [-0.15, -0.1) is 0 Å². The summed E-state index contributed by atoms with van der Waals surface area (Å²) < 4.78 is 13.3. The zero-order chi connectivity index (χ0) is 32.5. The Bertz CT molecular complexity index is 2880. The number of imidazole rings is 1. The lowest BCUT2D eigenvalue weighted by Gasteiger charge is -2.12. The van der Waals surface area contributed by atoms with E-state index in [2.05, 4.69) is 124 Å². The third-order valence-electron chi connectivity index (χ3n) is 9.53. The molecular weight excluding hydrogens is 603 g/mol. The number of nitrogens with zero attached hydrogens (tertiary/aromatic N) is 5. The Balaban J connectivity index is 1.13. The van der Waals surface area contributed by atoms with Crippen molar-refractivity contribution < 1.29 is 4.74 Å². The van der Waals surface area contributed by atoms with Crippen LogP contribution >= 0.6 is 0 Å². The van der Waals surface area contributed by atoms with E-state index in [1.54, 1.807) is 0 Å². The molecule has 0 aliphatic heterocycles. The number of aromatic nitrogens is 5. The predicted octanol–water partition coefficient (Wildman–Crippen LogP) is 10.6. The maximum Gasteiger partial charge on any atom is 0.145 e. The Morgan fingerprint density at radius 1 is 0.531 bits per heavy atom. The molecule has 4 aromatic heterocycles. The number of rotatable bonds is 5. The van der Waals surface area contributed by atoms with Crippen LogP contribution in [0, 0.1) is 0 Å². The van der Waals surface area contributed by atoms with E-state index in [1.807, 2.05) is 54.7 Å². The third kappa shape index (κ3) is 4.21. The molecule has 0 atom stereocenters. The van der Waals surface area contributed by atoms with Gasteiger partial charge in [-0.2, -0.15) is 0 Å². The summed E-state index contributed by atoms with van der Waals surface area (Å²) >= 11 is 0. The second kappa shape index (κ2) is 10.7. The lowest BCUT2D eigenvalue weighted by Crippen LogP contribution is -1.97. The zero-order valence-corrected chi connectivity index (χ0v) is 26.7. The molecule has 0 fully saturated rings. The molecule has 0 spiro atoms. The smallest absolute Gasteiger partial charge is 0.145 e. The van der Waals surface area contributed by atoms with Gasteiger partial charge in [0.2, 0.25) is 0 Å². The first-order valence-corrected chi connectivity index (χ1v) is 16.4. The first-order valence-electron chi connectivity index (χ1n) is 16.4. The van der Waals surface area contributed by atoms with Crippen molar-refractivity contribution in [3.63, 3.8) is 0 Å². The van der Waals surface area contributed by atoms with E-state index in [9.17, 15) is 0 Å². The zero-order valence-electron chi connectivity index (χ0n) is 26.7. The number of fused-ring (bicyclic) bond motifs is 8. The SMILES string of the molecule is Cn1c(-c2cccc(Oc3cccc(-n4c5ccc6c7ccccc7n(-c7ccccc7)c6c5c5cccnc54)c3)c2)nc2ccccc21. The van der Waals surface area contributed by atoms with Gasteiger partial charge in [0.25, 0.3) is 0 Å². The standard InChI is InChI=1S/C43H29N5O/c1-46-38-22-8-6-20-36(38)45-42(46)28-12-9-16-31(26-28)49-32-17-10-15-30(27-32)48-39-24-23-34-33-18-5-7-21-37(33)47(29-13-3-2-4-14-29)41(34)40(39)35-19-11-25-44-43(35)48/h2-27H,1H3. The maximum absolute atomic E-state index is 6.53. The van der Waals surface area contributed by atoms with Gasteiger partial charge < -0.3 is 13.9 Å². The van der Waals surface area contributed by atoms with E-state index in [0.29, 0.717) is 0 Å². The van der Waals surface area contributed by atoms with Crippen molar-refractivity contribution in [2.24, 2.45) is 7.05 Å². The van der Waals surface area contributed by atoms with E-state index < -0.39 is 0 Å². The first kappa shape index (κ1) is 27.5. The van der Waals surface area contributed by atoms with Crippen LogP contribution in [0.2, 0.25) is 0 Å². The van der Waals surface area contributed by atoms with Gasteiger partial charge in [-0.1, -0.05) is 72.8 Å². The summed E-state index contributed by atoms with van der Waals surface area (Å²) in [5.74, 6) is 2.39. The van der Waals surface area contributed by atoms with E-state index in [-0.39, 0.29) is 0 Å². The topological polar surface area (TPSA) is 49.8 Å². The Morgan fingerprint density at radius 3 is 2.14 bits per heavy atom. The minimum absolute atomic E-state index is 0.741. The van der Waals surface area contributed by atoms with Crippen LogP contribution in [0.4, 0.5) is 0 Å². The van der Waals surface area contributed by atoms with Gasteiger partial charge in [0, 0.05) is 52.1 Å². The number of hydrogen-bond donors (Lipinski definition) is 0. The van der Waals surface area contributed by atoms with Crippen molar-refractivity contribution in [1.82, 2.24) is 23.7 Å². The highest BCUT2D eigenvalue weighted by Gasteiger charge is 2.21. The van der Waals surface area contributed by atoms with Crippen LogP contribution in [0.5, 0.6) is 11.5 Å². The number of pyridine rings is 1. The predicted molar refractivity (Wildman–Crippen MR) is 199 cm³/mol. The first-order chi connectivity index (χ1) is 24.2. The van der Waals surface area contributed by atoms with Crippen LogP contribution < -0.4 is 4.74 Å². The Labute approximate surface area is 281 Å². The van der Waals surface area contributed by atoms with Crippen LogP contribution in [0.1, 0.15) is 0 Å². The van der Waals surface area contributed by atoms with E-state index >= 15 is 0 Å². The van der Waals surface area contributed by atoms with Crippen LogP contribution in [-0.2, 0) is 7.05 Å². The molecule has 0 unspecified atom stereocenters. The van der Waals surface area contributed by atoms with Gasteiger partial charge in [0.05, 0.1) is 33.3 Å². The molecule has 0 aliphatic carbocycles. The summed E-state index contributed by atoms with van der Waals surface area (Å²) in [7, 11) is 2.05. The highest BCUT2D eigenvalue weighted by Crippen LogP contribution is 2.42. The Morgan fingerprint density at radius 2 is 1.27 bits per heavy atom. The Kier molecular flexibility index (Phi) is 5.99. The second-order valence-corrected chi connectivity index (χ2v) is 12.4. The molecule has 0 N–H and O–H groups in total. The molecule has 0 radical (unpaired) electrons. The van der Waals surface area contributed by atoms with Gasteiger partial charge in [-0.3, -0.25) is 4.57 Å². The van der Waals surface area contributed by atoms with Gasteiger partial charge >= 0.3 is 0 Å². The normalized spacial score (nSPS) is 11.8. The number of para-hydroxylation sites is 4. The van der Waals surface area contributed by atoms with Gasteiger partial charge in [-0.25, -0.2) is 9.97 Å². The molecule has 6 nitrogen and oxygen atoms in total. The van der Waals surface area contributed by atoms with Crippen molar-refractivity contribution in [2.45, 2.75) is 0 Å². The maximum atomic E-state index is 6.53. The van der Waals surface area contributed by atoms with Crippen LogP contribution in [0.25, 0.3) is 77.5 Å². The average molecular weight is 632 g/mol. The molecule has 0 aliphatic rings. The summed E-state index contributed by atoms with van der Waals surface area (Å²) in [5, 5.41) is 4.71. The van der Waals surface area contributed by atoms with Gasteiger partial charge in [0.1, 0.15) is 23.0 Å². The molecule has 0 bridgehead atoms. The van der Waals surface area contributed by atoms with E-state index in [0.717, 1.165) is 61.8 Å². The molecular formula is C43H29N5O. The van der Waals surface area contributed by atoms with Crippen molar-refractivity contribution in [1.29, 1.82) is 0 Å². The van der Waals surface area contributed by atoms with E-state index in [4.69, 9.17) is 14.7 Å². The van der Waals surface area contributed by atoms with E-state index in [1.165, 1.54) is 27.2 Å². The average Bonchev–Trinajstić information content (AvgIpc) is 3.79. The fraction of sp³-hybridized carbons (Fsp3) is 0.0233. The molecule has 0 saturated carbocycles. The second-order valence-electron chi connectivity index (χ2n) is 12.4. The monoisotopic (exact) mass is 631 g/mol. The van der Waals surface area contributed by atoms with Crippen molar-refractivity contribution in [2.75, 3.05) is 0 Å². The fourth-order valence-corrected chi connectivity index (χ4v) is 7.41. The van der Waals surface area contributed by atoms with Crippen molar-refractivity contribution in [3.8, 4) is 34.3 Å². The quantitative estimate of drug-likeness (QED) is 0.190. The number of hydrogen-bond acceptors (Lipinski definition) is 3. The molecule has 49 heavy (non-hydrogen) atoms. The third-order valence-corrected chi connectivity index (χ3v) is 9.53. The highest BCUT2D eigenvalue weighted by atomic mass is 16.5. The summed E-state index contributed by atoms with van der Waals surface area (Å²) in [6, 6.07) is 52.5. The minimum atomic E-state index is 0.741. The highest BCUT2D eigenvalue weighted by molar-refractivity contribution is 6.25. The summed E-state index contributed by atoms with van der Waals surface area (Å²) in [6.07, 6.45) is 1.87. The molecule has 10 rings (SSSR count). The van der Waals surface area contributed by atoms with Gasteiger partial charge in [-0.05, 0) is 72.8 Å². The Hall–Kier alpha value is -6.66. The lowest BCUT2D eigenvalue weighted by atomic mass is 10.1. The largest absolute Gasteiger partial charge is 0.457 e. The van der Waals surface area contributed by atoms with Crippen LogP contribution in [-0.4, -0.2) is 23.7 Å². The van der Waals surface area contributed by atoms with Gasteiger partial charge in [0.15, 0.2) is 0 Å².